The van der Waals surface area contributed by atoms with Crippen molar-refractivity contribution >= 4 is 0 Å². The molecule has 0 aliphatic heterocycles. The molecule has 0 N–H and O–H groups in total. The Hall–Kier alpha value is -2.00. The van der Waals surface area contributed by atoms with Crippen molar-refractivity contribution in [2.24, 2.45) is 0 Å². The molecule has 18 heavy (non-hydrogen) atoms. The van der Waals surface area contributed by atoms with E-state index in [1.54, 1.807) is 0 Å². The Bertz CT molecular complexity index is 433. The van der Waals surface area contributed by atoms with Crippen molar-refractivity contribution in [3.8, 4) is 12.8 Å². The van der Waals surface area contributed by atoms with Gasteiger partial charge in [0.05, 0.1) is 0 Å². The number of benzene rings is 2. The van der Waals surface area contributed by atoms with E-state index in [-0.39, 0.29) is 4.28 Å². The Morgan fingerprint density at radius 3 is 1.56 bits per heavy atom. The zero-order chi connectivity index (χ0) is 13.8. The smallest absolute Gasteiger partial charge is 0 e. The van der Waals surface area contributed by atoms with Crippen LogP contribution in [0.25, 0.3) is 0 Å². The van der Waals surface area contributed by atoms with E-state index in [0.29, 0.717) is 0 Å². The van der Waals surface area contributed by atoms with Crippen LogP contribution in [-0.2, 0) is 6.42 Å². The van der Waals surface area contributed by atoms with Gasteiger partial charge in [0.2, 0.25) is 0 Å². The van der Waals surface area contributed by atoms with E-state index in [2.05, 4.69) is 70.0 Å². The van der Waals surface area contributed by atoms with Crippen LogP contribution in [0.3, 0.4) is 0 Å². The number of hydrogen-bond donors (Lipinski definition) is 0. The van der Waals surface area contributed by atoms with Crippen molar-refractivity contribution in [3.63, 3.8) is 0 Å². The summed E-state index contributed by atoms with van der Waals surface area (Å²) in [5.74, 6) is 0. The standard InChI is InChI=1S/C9H12.C7H8.C2H2.3H2/c1-3-9-6-4-8(2)5-7-9;1-7-5-3-2-4-6-7;1-2;;;/h4-7H,3H2,1-2H3;2-6H,1H3;1-2H;3*1H. The Labute approximate surface area is 116 Å². The Morgan fingerprint density at radius 1 is 0.778 bits per heavy atom. The van der Waals surface area contributed by atoms with Crippen molar-refractivity contribution in [2.45, 2.75) is 27.2 Å². The topological polar surface area (TPSA) is 0 Å². The molecule has 0 aromatic heterocycles. The summed E-state index contributed by atoms with van der Waals surface area (Å²) in [4.78, 5) is 0. The first-order valence-corrected chi connectivity index (χ1v) is 6.13. The molecule has 0 heteroatoms. The van der Waals surface area contributed by atoms with Crippen LogP contribution >= 0.6 is 0 Å². The zero-order valence-corrected chi connectivity index (χ0v) is 11.6. The lowest BCUT2D eigenvalue weighted by Gasteiger charge is -1.94. The normalized spacial score (nSPS) is 8.28. The van der Waals surface area contributed by atoms with E-state index >= 15 is 0 Å². The van der Waals surface area contributed by atoms with Crippen LogP contribution in [0.15, 0.2) is 54.6 Å². The van der Waals surface area contributed by atoms with Crippen molar-refractivity contribution in [1.29, 1.82) is 0 Å². The molecule has 2 aromatic rings. The second-order valence-electron chi connectivity index (χ2n) is 3.99. The van der Waals surface area contributed by atoms with Crippen molar-refractivity contribution < 1.29 is 4.28 Å². The highest BCUT2D eigenvalue weighted by Crippen LogP contribution is 2.02. The predicted molar refractivity (Wildman–Crippen MR) is 88.0 cm³/mol. The lowest BCUT2D eigenvalue weighted by Crippen LogP contribution is -1.77. The molecule has 100 valence electrons. The van der Waals surface area contributed by atoms with Crippen molar-refractivity contribution in [2.75, 3.05) is 0 Å². The molecule has 0 unspecified atom stereocenters. The predicted octanol–water partition coefficient (Wildman–Crippen LogP) is 5.54. The van der Waals surface area contributed by atoms with E-state index < -0.39 is 0 Å². The van der Waals surface area contributed by atoms with E-state index in [1.165, 1.54) is 16.7 Å². The van der Waals surface area contributed by atoms with Gasteiger partial charge in [-0.2, -0.15) is 0 Å². The van der Waals surface area contributed by atoms with E-state index in [9.17, 15) is 0 Å². The molecule has 0 atom stereocenters. The molecule has 0 heterocycles. The summed E-state index contributed by atoms with van der Waals surface area (Å²) in [6, 6.07) is 18.9. The molecule has 0 saturated heterocycles. The third-order valence-corrected chi connectivity index (χ3v) is 2.47. The first-order chi connectivity index (χ1) is 8.72. The SMILES string of the molecule is C#C.CCc1ccc(C)cc1.Cc1ccccc1.[HH].[HH].[HH]. The third kappa shape index (κ3) is 7.30. The lowest BCUT2D eigenvalue weighted by atomic mass is 10.1. The molecule has 0 fully saturated rings. The third-order valence-electron chi connectivity index (χ3n) is 2.47. The first kappa shape index (κ1) is 16.0. The van der Waals surface area contributed by atoms with Crippen LogP contribution in [0.5, 0.6) is 0 Å². The molecule has 0 aliphatic rings. The van der Waals surface area contributed by atoms with Crippen molar-refractivity contribution in [3.05, 3.63) is 71.3 Å². The fraction of sp³-hybridized carbons (Fsp3) is 0.222. The first-order valence-electron chi connectivity index (χ1n) is 6.13. The largest absolute Gasteiger partial charge is 0.124 e. The number of rotatable bonds is 1. The summed E-state index contributed by atoms with van der Waals surface area (Å²) in [5, 5.41) is 0. The van der Waals surface area contributed by atoms with Gasteiger partial charge in [0, 0.05) is 4.28 Å². The van der Waals surface area contributed by atoms with Crippen LogP contribution in [-0.4, -0.2) is 0 Å². The van der Waals surface area contributed by atoms with Crippen LogP contribution in [0.1, 0.15) is 27.9 Å². The van der Waals surface area contributed by atoms with E-state index in [0.717, 1.165) is 6.42 Å². The van der Waals surface area contributed by atoms with E-state index in [1.807, 2.05) is 18.2 Å². The monoisotopic (exact) mass is 244 g/mol. The molecule has 0 spiro atoms. The van der Waals surface area contributed by atoms with Gasteiger partial charge in [0.1, 0.15) is 0 Å². The van der Waals surface area contributed by atoms with Crippen LogP contribution in [0.2, 0.25) is 0 Å². The minimum absolute atomic E-state index is 0. The summed E-state index contributed by atoms with van der Waals surface area (Å²) in [5.41, 5.74) is 4.08. The quantitative estimate of drug-likeness (QED) is 0.578. The maximum Gasteiger partial charge on any atom is 0 e. The van der Waals surface area contributed by atoms with Gasteiger partial charge >= 0.3 is 0 Å². The second-order valence-corrected chi connectivity index (χ2v) is 3.99. The second kappa shape index (κ2) is 10.2. The maximum absolute atomic E-state index is 4.00. The van der Waals surface area contributed by atoms with Crippen LogP contribution < -0.4 is 0 Å². The highest BCUT2D eigenvalue weighted by Gasteiger charge is 1.84. The molecule has 0 nitrogen and oxygen atoms in total. The summed E-state index contributed by atoms with van der Waals surface area (Å²) >= 11 is 0. The average molecular weight is 244 g/mol. The summed E-state index contributed by atoms with van der Waals surface area (Å²) in [6.45, 7) is 6.37. The van der Waals surface area contributed by atoms with Gasteiger partial charge in [-0.25, -0.2) is 0 Å². The Kier molecular flexibility index (Phi) is 9.04. The Balaban J connectivity index is -0.000000111. The molecular weight excluding hydrogens is 216 g/mol. The number of hydrogen-bond acceptors (Lipinski definition) is 0. The number of aryl methyl sites for hydroxylation is 3. The summed E-state index contributed by atoms with van der Waals surface area (Å²) in [6.07, 6.45) is 9.14. The fourth-order valence-electron chi connectivity index (χ4n) is 1.36. The zero-order valence-electron chi connectivity index (χ0n) is 11.6. The molecule has 0 amide bonds. The molecular formula is C18H28. The summed E-state index contributed by atoms with van der Waals surface area (Å²) < 4.78 is 0. The van der Waals surface area contributed by atoms with Gasteiger partial charge in [-0.3, -0.25) is 0 Å². The minimum Gasteiger partial charge on any atom is -0.124 e. The molecule has 0 aliphatic carbocycles. The van der Waals surface area contributed by atoms with Crippen molar-refractivity contribution in [1.82, 2.24) is 0 Å². The highest BCUT2D eigenvalue weighted by atomic mass is 13.9. The summed E-state index contributed by atoms with van der Waals surface area (Å²) in [7, 11) is 0. The molecule has 0 bridgehead atoms. The minimum atomic E-state index is 0. The highest BCUT2D eigenvalue weighted by molar-refractivity contribution is 5.20. The van der Waals surface area contributed by atoms with E-state index in [4.69, 9.17) is 0 Å². The van der Waals surface area contributed by atoms with Gasteiger partial charge < -0.3 is 0 Å². The van der Waals surface area contributed by atoms with Gasteiger partial charge in [-0.15, -0.1) is 12.8 Å². The lowest BCUT2D eigenvalue weighted by molar-refractivity contribution is 1.14. The Morgan fingerprint density at radius 2 is 1.22 bits per heavy atom. The molecule has 2 aromatic carbocycles. The van der Waals surface area contributed by atoms with Gasteiger partial charge in [0.25, 0.3) is 0 Å². The maximum atomic E-state index is 4.00. The van der Waals surface area contributed by atoms with Crippen LogP contribution in [0.4, 0.5) is 0 Å². The van der Waals surface area contributed by atoms with Gasteiger partial charge in [0.15, 0.2) is 0 Å². The molecule has 0 radical (unpaired) electrons. The van der Waals surface area contributed by atoms with Gasteiger partial charge in [-0.05, 0) is 25.8 Å². The molecule has 2 rings (SSSR count). The molecule has 0 saturated carbocycles. The van der Waals surface area contributed by atoms with Crippen LogP contribution in [0, 0.1) is 26.7 Å². The van der Waals surface area contributed by atoms with Gasteiger partial charge in [-0.1, -0.05) is 72.6 Å². The average Bonchev–Trinajstić information content (AvgIpc) is 2.43. The number of terminal acetylenes is 1. The fourth-order valence-corrected chi connectivity index (χ4v) is 1.36.